The normalized spacial score (nSPS) is 9.94. The Kier molecular flexibility index (Phi) is 4.83. The molecular weight excluding hydrogens is 204 g/mol. The van der Waals surface area contributed by atoms with Crippen molar-refractivity contribution in [1.29, 1.82) is 0 Å². The first-order valence-electron chi connectivity index (χ1n) is 5.47. The molecule has 1 rings (SSSR count). The molecule has 0 saturated carbocycles. The predicted molar refractivity (Wildman–Crippen MR) is 62.2 cm³/mol. The molecular formula is C13H18O3. The van der Waals surface area contributed by atoms with Crippen LogP contribution in [-0.4, -0.2) is 12.6 Å². The average Bonchev–Trinajstić information content (AvgIpc) is 2.62. The first-order chi connectivity index (χ1) is 7.63. The molecule has 0 aliphatic heterocycles. The fourth-order valence-corrected chi connectivity index (χ4v) is 1.37. The molecule has 0 fully saturated rings. The van der Waals surface area contributed by atoms with Gasteiger partial charge in [0, 0.05) is 12.0 Å². The number of carbonyl (C=O) groups is 1. The van der Waals surface area contributed by atoms with E-state index in [9.17, 15) is 4.79 Å². The lowest BCUT2D eigenvalue weighted by atomic mass is 10.1. The van der Waals surface area contributed by atoms with Crippen LogP contribution in [0.3, 0.4) is 0 Å². The molecule has 3 heteroatoms. The van der Waals surface area contributed by atoms with Crippen LogP contribution in [-0.2, 0) is 22.4 Å². The molecule has 1 aromatic heterocycles. The summed E-state index contributed by atoms with van der Waals surface area (Å²) >= 11 is 0. The molecule has 0 saturated heterocycles. The Balaban J connectivity index is 2.63. The summed E-state index contributed by atoms with van der Waals surface area (Å²) in [6, 6.07) is 1.82. The van der Waals surface area contributed by atoms with Gasteiger partial charge >= 0.3 is 5.97 Å². The van der Waals surface area contributed by atoms with E-state index >= 15 is 0 Å². The highest BCUT2D eigenvalue weighted by Crippen LogP contribution is 2.14. The highest BCUT2D eigenvalue weighted by molar-refractivity contribution is 5.72. The van der Waals surface area contributed by atoms with Gasteiger partial charge in [-0.3, -0.25) is 4.79 Å². The van der Waals surface area contributed by atoms with E-state index in [1.54, 1.807) is 13.2 Å². The second-order valence-corrected chi connectivity index (χ2v) is 3.84. The van der Waals surface area contributed by atoms with Crippen molar-refractivity contribution < 1.29 is 13.9 Å². The van der Waals surface area contributed by atoms with E-state index in [4.69, 9.17) is 9.15 Å². The van der Waals surface area contributed by atoms with Crippen LogP contribution in [0.25, 0.3) is 0 Å². The number of hydrogen-bond acceptors (Lipinski definition) is 3. The third-order valence-electron chi connectivity index (χ3n) is 2.17. The molecule has 3 nitrogen and oxygen atoms in total. The van der Waals surface area contributed by atoms with Crippen molar-refractivity contribution in [2.24, 2.45) is 0 Å². The molecule has 16 heavy (non-hydrogen) atoms. The summed E-state index contributed by atoms with van der Waals surface area (Å²) in [5, 5.41) is 0. The van der Waals surface area contributed by atoms with Gasteiger partial charge in [0.25, 0.3) is 0 Å². The van der Waals surface area contributed by atoms with Gasteiger partial charge in [0.05, 0.1) is 19.3 Å². The Morgan fingerprint density at radius 2 is 2.25 bits per heavy atom. The van der Waals surface area contributed by atoms with Crippen molar-refractivity contribution in [2.45, 2.75) is 33.6 Å². The maximum Gasteiger partial charge on any atom is 0.310 e. The Bertz CT molecular complexity index is 370. The quantitative estimate of drug-likeness (QED) is 0.568. The van der Waals surface area contributed by atoms with Crippen LogP contribution in [0.4, 0.5) is 0 Å². The number of furan rings is 1. The first-order valence-corrected chi connectivity index (χ1v) is 5.47. The Morgan fingerprint density at radius 3 is 2.88 bits per heavy atom. The van der Waals surface area contributed by atoms with Gasteiger partial charge in [-0.25, -0.2) is 0 Å². The van der Waals surface area contributed by atoms with E-state index in [0.29, 0.717) is 6.61 Å². The number of carbonyl (C=O) groups excluding carboxylic acids is 1. The molecule has 1 aromatic rings. The molecule has 0 bridgehead atoms. The zero-order valence-corrected chi connectivity index (χ0v) is 10.1. The second kappa shape index (κ2) is 6.16. The van der Waals surface area contributed by atoms with Gasteiger partial charge < -0.3 is 9.15 Å². The summed E-state index contributed by atoms with van der Waals surface area (Å²) in [5.74, 6) is 0.636. The predicted octanol–water partition coefficient (Wildman–Crippen LogP) is 2.89. The molecule has 0 aliphatic carbocycles. The highest BCUT2D eigenvalue weighted by Gasteiger charge is 2.10. The maximum atomic E-state index is 11.3. The van der Waals surface area contributed by atoms with E-state index in [2.05, 4.69) is 6.08 Å². The SMILES string of the molecule is CCOC(=O)Cc1ccoc1CC=C(C)C. The van der Waals surface area contributed by atoms with Crippen LogP contribution in [0.2, 0.25) is 0 Å². The third kappa shape index (κ3) is 3.93. The summed E-state index contributed by atoms with van der Waals surface area (Å²) < 4.78 is 10.2. The van der Waals surface area contributed by atoms with Crippen LogP contribution in [0.5, 0.6) is 0 Å². The number of esters is 1. The second-order valence-electron chi connectivity index (χ2n) is 3.84. The van der Waals surface area contributed by atoms with Crippen LogP contribution in [0.15, 0.2) is 28.4 Å². The van der Waals surface area contributed by atoms with Gasteiger partial charge in [-0.15, -0.1) is 0 Å². The van der Waals surface area contributed by atoms with E-state index in [-0.39, 0.29) is 12.4 Å². The van der Waals surface area contributed by atoms with E-state index in [0.717, 1.165) is 17.7 Å². The minimum atomic E-state index is -0.206. The maximum absolute atomic E-state index is 11.3. The van der Waals surface area contributed by atoms with Gasteiger partial charge in [-0.2, -0.15) is 0 Å². The van der Waals surface area contributed by atoms with Crippen LogP contribution < -0.4 is 0 Å². The van der Waals surface area contributed by atoms with Gasteiger partial charge in [-0.05, 0) is 26.8 Å². The lowest BCUT2D eigenvalue weighted by Gasteiger charge is -2.01. The molecule has 0 amide bonds. The average molecular weight is 222 g/mol. The number of ether oxygens (including phenoxy) is 1. The number of allylic oxidation sites excluding steroid dienone is 2. The van der Waals surface area contributed by atoms with Crippen molar-refractivity contribution in [3.05, 3.63) is 35.3 Å². The third-order valence-corrected chi connectivity index (χ3v) is 2.17. The van der Waals surface area contributed by atoms with Crippen molar-refractivity contribution in [3.63, 3.8) is 0 Å². The van der Waals surface area contributed by atoms with Gasteiger partial charge in [0.1, 0.15) is 5.76 Å². The van der Waals surface area contributed by atoms with Gasteiger partial charge in [0.2, 0.25) is 0 Å². The summed E-state index contributed by atoms with van der Waals surface area (Å²) in [6.45, 7) is 6.29. The molecule has 0 aromatic carbocycles. The molecule has 0 radical (unpaired) electrons. The molecule has 1 heterocycles. The van der Waals surface area contributed by atoms with Crippen molar-refractivity contribution in [2.75, 3.05) is 6.61 Å². The van der Waals surface area contributed by atoms with E-state index < -0.39 is 0 Å². The molecule has 88 valence electrons. The monoisotopic (exact) mass is 222 g/mol. The summed E-state index contributed by atoms with van der Waals surface area (Å²) in [7, 11) is 0. The van der Waals surface area contributed by atoms with Gasteiger partial charge in [-0.1, -0.05) is 11.6 Å². The molecule has 0 N–H and O–H groups in total. The standard InChI is InChI=1S/C13H18O3/c1-4-15-13(14)9-11-7-8-16-12(11)6-5-10(2)3/h5,7-8H,4,6,9H2,1-3H3. The number of hydrogen-bond donors (Lipinski definition) is 0. The highest BCUT2D eigenvalue weighted by atomic mass is 16.5. The van der Waals surface area contributed by atoms with Crippen LogP contribution in [0, 0.1) is 0 Å². The fourth-order valence-electron chi connectivity index (χ4n) is 1.37. The molecule has 0 unspecified atom stereocenters. The van der Waals surface area contributed by atoms with Crippen LogP contribution >= 0.6 is 0 Å². The minimum absolute atomic E-state index is 0.206. The van der Waals surface area contributed by atoms with Crippen molar-refractivity contribution in [1.82, 2.24) is 0 Å². The van der Waals surface area contributed by atoms with E-state index in [1.807, 2.05) is 19.9 Å². The van der Waals surface area contributed by atoms with Crippen molar-refractivity contribution in [3.8, 4) is 0 Å². The Hall–Kier alpha value is -1.51. The van der Waals surface area contributed by atoms with Crippen LogP contribution in [0.1, 0.15) is 32.1 Å². The zero-order chi connectivity index (χ0) is 12.0. The Morgan fingerprint density at radius 1 is 1.50 bits per heavy atom. The zero-order valence-electron chi connectivity index (χ0n) is 10.1. The Labute approximate surface area is 96.1 Å². The van der Waals surface area contributed by atoms with Gasteiger partial charge in [0.15, 0.2) is 0 Å². The fraction of sp³-hybridized carbons (Fsp3) is 0.462. The lowest BCUT2D eigenvalue weighted by molar-refractivity contribution is -0.142. The van der Waals surface area contributed by atoms with Crippen molar-refractivity contribution >= 4 is 5.97 Å². The largest absolute Gasteiger partial charge is 0.469 e. The summed E-state index contributed by atoms with van der Waals surface area (Å²) in [5.41, 5.74) is 2.15. The smallest absolute Gasteiger partial charge is 0.310 e. The minimum Gasteiger partial charge on any atom is -0.469 e. The topological polar surface area (TPSA) is 39.4 Å². The first kappa shape index (κ1) is 12.6. The summed E-state index contributed by atoms with van der Waals surface area (Å²) in [6.07, 6.45) is 4.70. The molecule has 0 atom stereocenters. The lowest BCUT2D eigenvalue weighted by Crippen LogP contribution is -2.08. The molecule has 0 aliphatic rings. The number of rotatable bonds is 5. The summed E-state index contributed by atoms with van der Waals surface area (Å²) in [4.78, 5) is 11.3. The van der Waals surface area contributed by atoms with E-state index in [1.165, 1.54) is 5.57 Å². The molecule has 0 spiro atoms.